The molecular weight excluding hydrogens is 170 g/mol. The van der Waals surface area contributed by atoms with Crippen molar-refractivity contribution in [2.75, 3.05) is 6.54 Å². The van der Waals surface area contributed by atoms with Gasteiger partial charge >= 0.3 is 0 Å². The Balaban J connectivity index is 2.68. The average Bonchev–Trinajstić information content (AvgIpc) is 2.45. The van der Waals surface area contributed by atoms with Gasteiger partial charge in [-0.2, -0.15) is 0 Å². The third kappa shape index (κ3) is 2.28. The molecule has 0 spiro atoms. The monoisotopic (exact) mass is 191 g/mol. The molecular formula is C13H21N. The summed E-state index contributed by atoms with van der Waals surface area (Å²) in [6.45, 7) is 17.3. The third-order valence-corrected chi connectivity index (χ3v) is 3.16. The Bertz CT molecular complexity index is 275. The van der Waals surface area contributed by atoms with E-state index in [2.05, 4.69) is 38.9 Å². The first-order valence-electron chi connectivity index (χ1n) is 5.18. The first kappa shape index (κ1) is 11.1. The molecule has 1 rings (SSSR count). The summed E-state index contributed by atoms with van der Waals surface area (Å²) in [7, 11) is 0. The summed E-state index contributed by atoms with van der Waals surface area (Å²) in [5, 5.41) is 3.33. The van der Waals surface area contributed by atoms with Gasteiger partial charge in [0.2, 0.25) is 0 Å². The molecule has 0 radical (unpaired) electrons. The molecule has 0 aromatic heterocycles. The Morgan fingerprint density at radius 1 is 1.43 bits per heavy atom. The minimum Gasteiger partial charge on any atom is -0.388 e. The smallest absolute Gasteiger partial charge is 0.0241 e. The second kappa shape index (κ2) is 4.04. The van der Waals surface area contributed by atoms with Gasteiger partial charge in [-0.3, -0.25) is 0 Å². The Morgan fingerprint density at radius 2 is 2.07 bits per heavy atom. The van der Waals surface area contributed by atoms with Crippen molar-refractivity contribution in [2.24, 2.45) is 5.41 Å². The molecule has 0 aromatic rings. The summed E-state index contributed by atoms with van der Waals surface area (Å²) < 4.78 is 0. The minimum atomic E-state index is 0.232. The van der Waals surface area contributed by atoms with Crippen LogP contribution in [0.3, 0.4) is 0 Å². The lowest BCUT2D eigenvalue weighted by molar-refractivity contribution is 0.368. The van der Waals surface area contributed by atoms with Gasteiger partial charge in [0, 0.05) is 17.7 Å². The minimum absolute atomic E-state index is 0.232. The van der Waals surface area contributed by atoms with Crippen LogP contribution in [0.2, 0.25) is 0 Å². The van der Waals surface area contributed by atoms with E-state index in [1.165, 1.54) is 11.1 Å². The van der Waals surface area contributed by atoms with Crippen molar-refractivity contribution in [3.8, 4) is 0 Å². The van der Waals surface area contributed by atoms with Gasteiger partial charge in [-0.25, -0.2) is 0 Å². The molecule has 1 nitrogen and oxygen atoms in total. The van der Waals surface area contributed by atoms with E-state index in [0.29, 0.717) is 0 Å². The highest BCUT2D eigenvalue weighted by atomic mass is 14.9. The quantitative estimate of drug-likeness (QED) is 0.671. The lowest BCUT2D eigenvalue weighted by atomic mass is 9.76. The second-order valence-electron chi connectivity index (χ2n) is 4.65. The zero-order valence-corrected chi connectivity index (χ0v) is 9.45. The SMILES string of the molecule is C=C(C)CCC1(C(=C)C)CNC(=C)C1. The Kier molecular flexibility index (Phi) is 3.20. The van der Waals surface area contributed by atoms with E-state index >= 15 is 0 Å². The number of hydrogen-bond donors (Lipinski definition) is 1. The van der Waals surface area contributed by atoms with Crippen molar-refractivity contribution in [3.05, 3.63) is 36.6 Å². The molecule has 78 valence electrons. The van der Waals surface area contributed by atoms with Gasteiger partial charge in [-0.15, -0.1) is 6.58 Å². The van der Waals surface area contributed by atoms with Gasteiger partial charge in [-0.1, -0.05) is 24.3 Å². The van der Waals surface area contributed by atoms with E-state index in [1.807, 2.05) is 0 Å². The van der Waals surface area contributed by atoms with Crippen molar-refractivity contribution in [2.45, 2.75) is 33.1 Å². The van der Waals surface area contributed by atoms with Crippen LogP contribution in [0.15, 0.2) is 36.6 Å². The standard InChI is InChI=1S/C13H21N/c1-10(2)6-7-13(11(3)4)8-12(5)14-9-13/h14H,1,3,5-9H2,2,4H3. The van der Waals surface area contributed by atoms with Crippen LogP contribution in [0.25, 0.3) is 0 Å². The van der Waals surface area contributed by atoms with Crippen LogP contribution >= 0.6 is 0 Å². The van der Waals surface area contributed by atoms with Crippen LogP contribution in [0.1, 0.15) is 33.1 Å². The molecule has 1 N–H and O–H groups in total. The van der Waals surface area contributed by atoms with Crippen LogP contribution < -0.4 is 5.32 Å². The maximum absolute atomic E-state index is 4.11. The Morgan fingerprint density at radius 3 is 2.43 bits per heavy atom. The van der Waals surface area contributed by atoms with Crippen molar-refractivity contribution < 1.29 is 0 Å². The predicted octanol–water partition coefficient (Wildman–Crippen LogP) is 3.41. The molecule has 1 aliphatic heterocycles. The highest BCUT2D eigenvalue weighted by Crippen LogP contribution is 2.41. The highest BCUT2D eigenvalue weighted by Gasteiger charge is 2.35. The summed E-state index contributed by atoms with van der Waals surface area (Å²) in [5.41, 5.74) is 3.90. The third-order valence-electron chi connectivity index (χ3n) is 3.16. The molecule has 1 aliphatic rings. The average molecular weight is 191 g/mol. The number of allylic oxidation sites excluding steroid dienone is 2. The topological polar surface area (TPSA) is 12.0 Å². The molecule has 0 amide bonds. The van der Waals surface area contributed by atoms with Gasteiger partial charge in [0.05, 0.1) is 0 Å². The number of hydrogen-bond acceptors (Lipinski definition) is 1. The van der Waals surface area contributed by atoms with Crippen LogP contribution in [0, 0.1) is 5.41 Å². The van der Waals surface area contributed by atoms with Crippen LogP contribution in [0.4, 0.5) is 0 Å². The van der Waals surface area contributed by atoms with Gasteiger partial charge < -0.3 is 5.32 Å². The first-order chi connectivity index (χ1) is 6.46. The van der Waals surface area contributed by atoms with E-state index < -0.39 is 0 Å². The fraction of sp³-hybridized carbons (Fsp3) is 0.538. The fourth-order valence-electron chi connectivity index (χ4n) is 1.97. The Hall–Kier alpha value is -0.980. The summed E-state index contributed by atoms with van der Waals surface area (Å²) in [6, 6.07) is 0. The molecule has 1 heterocycles. The molecule has 1 unspecified atom stereocenters. The van der Waals surface area contributed by atoms with Gasteiger partial charge in [0.25, 0.3) is 0 Å². The maximum Gasteiger partial charge on any atom is 0.0241 e. The molecule has 1 atom stereocenters. The summed E-state index contributed by atoms with van der Waals surface area (Å²) in [5.74, 6) is 0. The van der Waals surface area contributed by atoms with Gasteiger partial charge in [-0.05, 0) is 33.1 Å². The molecule has 14 heavy (non-hydrogen) atoms. The lowest BCUT2D eigenvalue weighted by Crippen LogP contribution is -2.24. The lowest BCUT2D eigenvalue weighted by Gasteiger charge is -2.28. The molecule has 0 saturated carbocycles. The van der Waals surface area contributed by atoms with E-state index in [9.17, 15) is 0 Å². The molecule has 0 aromatic carbocycles. The molecule has 1 saturated heterocycles. The summed E-state index contributed by atoms with van der Waals surface area (Å²) in [6.07, 6.45) is 3.26. The van der Waals surface area contributed by atoms with Crippen LogP contribution in [-0.2, 0) is 0 Å². The summed E-state index contributed by atoms with van der Waals surface area (Å²) in [4.78, 5) is 0. The van der Waals surface area contributed by atoms with Crippen molar-refractivity contribution in [1.29, 1.82) is 0 Å². The summed E-state index contributed by atoms with van der Waals surface area (Å²) >= 11 is 0. The largest absolute Gasteiger partial charge is 0.388 e. The predicted molar refractivity (Wildman–Crippen MR) is 63.1 cm³/mol. The van der Waals surface area contributed by atoms with Crippen LogP contribution in [0.5, 0.6) is 0 Å². The molecule has 1 heteroatoms. The van der Waals surface area contributed by atoms with Crippen LogP contribution in [-0.4, -0.2) is 6.54 Å². The van der Waals surface area contributed by atoms with E-state index in [0.717, 1.165) is 31.5 Å². The van der Waals surface area contributed by atoms with Crippen molar-refractivity contribution >= 4 is 0 Å². The number of nitrogens with one attached hydrogen (secondary N) is 1. The van der Waals surface area contributed by atoms with E-state index in [-0.39, 0.29) is 5.41 Å². The number of rotatable bonds is 4. The van der Waals surface area contributed by atoms with Crippen molar-refractivity contribution in [1.82, 2.24) is 5.32 Å². The highest BCUT2D eigenvalue weighted by molar-refractivity contribution is 5.20. The van der Waals surface area contributed by atoms with Gasteiger partial charge in [0.1, 0.15) is 0 Å². The molecule has 1 fully saturated rings. The second-order valence-corrected chi connectivity index (χ2v) is 4.65. The van der Waals surface area contributed by atoms with Gasteiger partial charge in [0.15, 0.2) is 0 Å². The zero-order chi connectivity index (χ0) is 10.8. The maximum atomic E-state index is 4.11. The van der Waals surface area contributed by atoms with E-state index in [1.54, 1.807) is 0 Å². The molecule has 0 bridgehead atoms. The molecule has 0 aliphatic carbocycles. The Labute approximate surface area is 87.6 Å². The fourth-order valence-corrected chi connectivity index (χ4v) is 1.97. The normalized spacial score (nSPS) is 26.0. The van der Waals surface area contributed by atoms with E-state index in [4.69, 9.17) is 0 Å². The zero-order valence-electron chi connectivity index (χ0n) is 9.45. The first-order valence-corrected chi connectivity index (χ1v) is 5.18. The van der Waals surface area contributed by atoms with Crippen molar-refractivity contribution in [3.63, 3.8) is 0 Å².